The zero-order valence-corrected chi connectivity index (χ0v) is 14.3. The van der Waals surface area contributed by atoms with Gasteiger partial charge in [-0.25, -0.2) is 0 Å². The molecule has 2 aromatic rings. The van der Waals surface area contributed by atoms with E-state index in [0.717, 1.165) is 5.69 Å². The van der Waals surface area contributed by atoms with E-state index in [0.29, 0.717) is 26.7 Å². The molecule has 0 fully saturated rings. The average molecular weight is 346 g/mol. The van der Waals surface area contributed by atoms with E-state index in [4.69, 9.17) is 9.59 Å². The normalized spacial score (nSPS) is 12.0. The molecule has 3 rings (SSSR count). The van der Waals surface area contributed by atoms with E-state index in [-0.39, 0.29) is 30.1 Å². The van der Waals surface area contributed by atoms with Gasteiger partial charge in [0.15, 0.2) is 11.6 Å². The Morgan fingerprint density at radius 2 is 1.17 bits per heavy atom. The van der Waals surface area contributed by atoms with Crippen LogP contribution in [0.3, 0.4) is 0 Å². The number of carbonyl (C=O) groups is 2. The van der Waals surface area contributed by atoms with Gasteiger partial charge >= 0.3 is 6.15 Å². The summed E-state index contributed by atoms with van der Waals surface area (Å²) in [6.45, 7) is 0. The molecule has 1 aliphatic rings. The van der Waals surface area contributed by atoms with Crippen molar-refractivity contribution in [1.82, 2.24) is 4.48 Å². The number of fused-ring (bicyclic) bond motifs is 2. The van der Waals surface area contributed by atoms with Gasteiger partial charge in [-0.3, -0.25) is 14.1 Å². The summed E-state index contributed by atoms with van der Waals surface area (Å²) in [6, 6.07) is 12.5. The van der Waals surface area contributed by atoms with Gasteiger partial charge in [-0.2, -0.15) is 9.59 Å². The Kier molecular flexibility index (Phi) is 5.93. The van der Waals surface area contributed by atoms with Crippen LogP contribution in [-0.2, 0) is 9.59 Å². The van der Waals surface area contributed by atoms with Crippen molar-refractivity contribution in [2.45, 2.75) is 0 Å². The largest absolute Gasteiger partial charge is 1.00 e. The van der Waals surface area contributed by atoms with Gasteiger partial charge in [0.2, 0.25) is 0 Å². The fourth-order valence-corrected chi connectivity index (χ4v) is 2.50. The minimum Gasteiger partial charge on any atom is -1.00 e. The first-order valence-corrected chi connectivity index (χ1v) is 6.95. The highest BCUT2D eigenvalue weighted by atomic mass is 35.5. The number of rotatable bonds is 1. The standard InChI is InChI=1S/C17H16NO2.CO2.ClH/c1-18(2,3)11-8-9-14-15(10-11)17(20)13-7-5-4-6-12(13)16(14)19;2-1-3;/h4-10H,1-3H3;;1H/q+1;;/p-1. The summed E-state index contributed by atoms with van der Waals surface area (Å²) < 4.78 is 0.608. The molecule has 0 unspecified atom stereocenters. The number of nitrogens with zero attached hydrogens (tertiary/aromatic N) is 1. The summed E-state index contributed by atoms with van der Waals surface area (Å²) in [5.41, 5.74) is 3.03. The highest BCUT2D eigenvalue weighted by Gasteiger charge is 2.30. The molecule has 0 bridgehead atoms. The number of ketones is 2. The maximum atomic E-state index is 12.6. The molecule has 2 aromatic carbocycles. The van der Waals surface area contributed by atoms with Gasteiger partial charge in [-0.05, 0) is 12.1 Å². The molecule has 0 aliphatic heterocycles. The molecule has 24 heavy (non-hydrogen) atoms. The first-order valence-electron chi connectivity index (χ1n) is 6.95. The van der Waals surface area contributed by atoms with Gasteiger partial charge in [0, 0.05) is 28.3 Å². The molecule has 124 valence electrons. The summed E-state index contributed by atoms with van der Waals surface area (Å²) >= 11 is 0. The lowest BCUT2D eigenvalue weighted by molar-refractivity contribution is -0.191. The Hall–Kier alpha value is -2.59. The number of halogens is 1. The van der Waals surface area contributed by atoms with E-state index in [9.17, 15) is 9.59 Å². The number of quaternary nitrogens is 1. The Labute approximate surface area is 145 Å². The molecular formula is C18H16ClNO4. The SMILES string of the molecule is C[N+](C)(C)c1ccc2c(c1)C(=O)c1ccccc1C2=O.O=C=O.[Cl-]. The van der Waals surface area contributed by atoms with Crippen LogP contribution in [0.1, 0.15) is 31.8 Å². The molecule has 0 radical (unpaired) electrons. The van der Waals surface area contributed by atoms with Crippen molar-refractivity contribution in [1.29, 1.82) is 0 Å². The monoisotopic (exact) mass is 345 g/mol. The second-order valence-electron chi connectivity index (χ2n) is 6.03. The van der Waals surface area contributed by atoms with Gasteiger partial charge in [-0.1, -0.05) is 24.3 Å². The lowest BCUT2D eigenvalue weighted by atomic mass is 9.84. The van der Waals surface area contributed by atoms with Crippen molar-refractivity contribution >= 4 is 23.4 Å². The van der Waals surface area contributed by atoms with Gasteiger partial charge < -0.3 is 12.4 Å². The molecule has 0 N–H and O–H groups in total. The third-order valence-corrected chi connectivity index (χ3v) is 3.68. The zero-order valence-electron chi connectivity index (χ0n) is 13.5. The Balaban J connectivity index is 0.000000671. The molecule has 0 aromatic heterocycles. The topological polar surface area (TPSA) is 68.3 Å². The van der Waals surface area contributed by atoms with E-state index in [2.05, 4.69) is 0 Å². The van der Waals surface area contributed by atoms with Crippen LogP contribution in [0.5, 0.6) is 0 Å². The number of hydrogen-bond acceptors (Lipinski definition) is 4. The minimum atomic E-state index is -0.0665. The van der Waals surface area contributed by atoms with Crippen LogP contribution >= 0.6 is 0 Å². The van der Waals surface area contributed by atoms with E-state index >= 15 is 0 Å². The fourth-order valence-electron chi connectivity index (χ4n) is 2.50. The van der Waals surface area contributed by atoms with Gasteiger partial charge in [0.1, 0.15) is 5.69 Å². The Bertz CT molecular complexity index is 831. The van der Waals surface area contributed by atoms with Crippen LogP contribution in [0.2, 0.25) is 0 Å². The smallest absolute Gasteiger partial charge is 0.373 e. The molecule has 6 heteroatoms. The van der Waals surface area contributed by atoms with Crippen LogP contribution in [0.4, 0.5) is 5.69 Å². The second-order valence-corrected chi connectivity index (χ2v) is 6.03. The minimum absolute atomic E-state index is 0. The third-order valence-electron chi connectivity index (χ3n) is 3.68. The summed E-state index contributed by atoms with van der Waals surface area (Å²) in [6.07, 6.45) is 0.250. The molecule has 0 atom stereocenters. The van der Waals surface area contributed by atoms with Crippen molar-refractivity contribution in [3.05, 3.63) is 64.7 Å². The quantitative estimate of drug-likeness (QED) is 0.535. The van der Waals surface area contributed by atoms with Crippen LogP contribution < -0.4 is 16.9 Å². The van der Waals surface area contributed by atoms with E-state index in [1.54, 1.807) is 30.3 Å². The van der Waals surface area contributed by atoms with Crippen LogP contribution in [-0.4, -0.2) is 38.9 Å². The Morgan fingerprint density at radius 3 is 1.62 bits per heavy atom. The number of carbonyl (C=O) groups excluding carboxylic acids is 4. The van der Waals surface area contributed by atoms with Gasteiger partial charge in [0.25, 0.3) is 0 Å². The summed E-state index contributed by atoms with van der Waals surface area (Å²) in [5.74, 6) is -0.131. The lowest BCUT2D eigenvalue weighted by Gasteiger charge is -2.25. The third kappa shape index (κ3) is 3.49. The summed E-state index contributed by atoms with van der Waals surface area (Å²) in [7, 11) is 6.10. The molecule has 0 saturated carbocycles. The summed E-state index contributed by atoms with van der Waals surface area (Å²) in [4.78, 5) is 41.3. The van der Waals surface area contributed by atoms with Crippen molar-refractivity contribution in [2.75, 3.05) is 21.1 Å². The van der Waals surface area contributed by atoms with Crippen molar-refractivity contribution in [2.24, 2.45) is 0 Å². The lowest BCUT2D eigenvalue weighted by Crippen LogP contribution is -3.00. The molecule has 5 nitrogen and oxygen atoms in total. The maximum Gasteiger partial charge on any atom is 0.373 e. The Morgan fingerprint density at radius 1 is 0.750 bits per heavy atom. The average Bonchev–Trinajstić information content (AvgIpc) is 2.52. The first-order chi connectivity index (χ1) is 10.8. The second kappa shape index (κ2) is 7.32. The van der Waals surface area contributed by atoms with Crippen LogP contribution in [0.25, 0.3) is 0 Å². The number of benzene rings is 2. The van der Waals surface area contributed by atoms with Crippen LogP contribution in [0.15, 0.2) is 42.5 Å². The highest BCUT2D eigenvalue weighted by molar-refractivity contribution is 6.28. The molecular weight excluding hydrogens is 330 g/mol. The van der Waals surface area contributed by atoms with Gasteiger partial charge in [-0.15, -0.1) is 0 Å². The van der Waals surface area contributed by atoms with E-state index in [1.165, 1.54) is 0 Å². The van der Waals surface area contributed by atoms with Crippen molar-refractivity contribution < 1.29 is 31.6 Å². The van der Waals surface area contributed by atoms with Crippen molar-refractivity contribution in [3.8, 4) is 0 Å². The molecule has 1 aliphatic carbocycles. The van der Waals surface area contributed by atoms with E-state index in [1.807, 2.05) is 33.3 Å². The molecule has 0 heterocycles. The van der Waals surface area contributed by atoms with Crippen molar-refractivity contribution in [3.63, 3.8) is 0 Å². The fraction of sp³-hybridized carbons (Fsp3) is 0.167. The maximum absolute atomic E-state index is 12.6. The van der Waals surface area contributed by atoms with Crippen LogP contribution in [0, 0.1) is 0 Å². The predicted octanol–water partition coefficient (Wildman–Crippen LogP) is -0.921. The molecule has 0 amide bonds. The zero-order chi connectivity index (χ0) is 17.2. The molecule has 0 saturated heterocycles. The van der Waals surface area contributed by atoms with Gasteiger partial charge in [0.05, 0.1) is 21.1 Å². The molecule has 0 spiro atoms. The summed E-state index contributed by atoms with van der Waals surface area (Å²) in [5, 5.41) is 0. The first kappa shape index (κ1) is 19.5. The predicted molar refractivity (Wildman–Crippen MR) is 84.3 cm³/mol. The highest BCUT2D eigenvalue weighted by Crippen LogP contribution is 2.30. The number of hydrogen-bond donors (Lipinski definition) is 0. The van der Waals surface area contributed by atoms with E-state index < -0.39 is 0 Å².